The summed E-state index contributed by atoms with van der Waals surface area (Å²) in [5.74, 6) is 1.68. The Kier molecular flexibility index (Phi) is 2.87. The van der Waals surface area contributed by atoms with Gasteiger partial charge in [-0.2, -0.15) is 15.0 Å². The second-order valence-electron chi connectivity index (χ2n) is 4.46. The van der Waals surface area contributed by atoms with Gasteiger partial charge in [-0.1, -0.05) is 0 Å². The fourth-order valence-corrected chi connectivity index (χ4v) is 2.81. The van der Waals surface area contributed by atoms with Crippen LogP contribution >= 0.6 is 11.3 Å². The number of hydrogen-bond donors (Lipinski definition) is 1. The lowest BCUT2D eigenvalue weighted by Crippen LogP contribution is -2.21. The van der Waals surface area contributed by atoms with Gasteiger partial charge in [-0.25, -0.2) is 0 Å². The zero-order chi connectivity index (χ0) is 12.5. The molecular weight excluding hydrogens is 246 g/mol. The van der Waals surface area contributed by atoms with Gasteiger partial charge in [0.05, 0.1) is 0 Å². The molecule has 0 bridgehead atoms. The van der Waals surface area contributed by atoms with Crippen LogP contribution in [0.25, 0.3) is 11.4 Å². The van der Waals surface area contributed by atoms with Crippen molar-refractivity contribution >= 4 is 23.2 Å². The van der Waals surface area contributed by atoms with Gasteiger partial charge in [0.1, 0.15) is 0 Å². The second-order valence-corrected chi connectivity index (χ2v) is 5.57. The van der Waals surface area contributed by atoms with Crippen LogP contribution in [0, 0.1) is 6.92 Å². The van der Waals surface area contributed by atoms with Crippen molar-refractivity contribution < 1.29 is 0 Å². The molecule has 0 radical (unpaired) electrons. The molecule has 5 nitrogen and oxygen atoms in total. The van der Waals surface area contributed by atoms with Crippen molar-refractivity contribution in [2.24, 2.45) is 0 Å². The number of aryl methyl sites for hydroxylation is 1. The molecule has 0 aliphatic carbocycles. The Balaban J connectivity index is 1.99. The average molecular weight is 261 g/mol. The first-order chi connectivity index (χ1) is 8.72. The molecule has 0 spiro atoms. The van der Waals surface area contributed by atoms with E-state index in [0.717, 1.165) is 18.7 Å². The number of hydrogen-bond acceptors (Lipinski definition) is 6. The molecule has 0 amide bonds. The number of aromatic nitrogens is 3. The molecule has 0 saturated carbocycles. The summed E-state index contributed by atoms with van der Waals surface area (Å²) in [6.45, 7) is 4.08. The summed E-state index contributed by atoms with van der Waals surface area (Å²) in [5, 5.41) is 2.05. The Morgan fingerprint density at radius 1 is 1.22 bits per heavy atom. The summed E-state index contributed by atoms with van der Waals surface area (Å²) in [4.78, 5) is 16.4. The minimum absolute atomic E-state index is 0.297. The average Bonchev–Trinajstić information content (AvgIpc) is 2.98. The maximum Gasteiger partial charge on any atom is 0.230 e. The van der Waals surface area contributed by atoms with Gasteiger partial charge in [-0.3, -0.25) is 0 Å². The monoisotopic (exact) mass is 261 g/mol. The van der Waals surface area contributed by atoms with Crippen LogP contribution in [0.15, 0.2) is 11.4 Å². The molecule has 2 aromatic rings. The number of rotatable bonds is 2. The van der Waals surface area contributed by atoms with Crippen LogP contribution in [0.3, 0.4) is 0 Å². The zero-order valence-corrected chi connectivity index (χ0v) is 11.1. The van der Waals surface area contributed by atoms with Crippen LogP contribution in [0.2, 0.25) is 0 Å². The van der Waals surface area contributed by atoms with Crippen molar-refractivity contribution in [3.8, 4) is 11.4 Å². The first-order valence-corrected chi connectivity index (χ1v) is 6.92. The van der Waals surface area contributed by atoms with E-state index in [9.17, 15) is 0 Å². The normalized spacial score (nSPS) is 15.3. The van der Waals surface area contributed by atoms with Crippen LogP contribution in [-0.4, -0.2) is 28.0 Å². The number of nitrogens with zero attached hydrogens (tertiary/aromatic N) is 4. The predicted octanol–water partition coefficient (Wildman–Crippen LogP) is 2.09. The third kappa shape index (κ3) is 2.15. The summed E-state index contributed by atoms with van der Waals surface area (Å²) < 4.78 is 0. The largest absolute Gasteiger partial charge is 0.368 e. The van der Waals surface area contributed by atoms with Crippen LogP contribution in [0.4, 0.5) is 11.9 Å². The molecule has 1 saturated heterocycles. The lowest BCUT2D eigenvalue weighted by atomic mass is 10.3. The van der Waals surface area contributed by atoms with E-state index in [-0.39, 0.29) is 0 Å². The van der Waals surface area contributed by atoms with E-state index in [1.807, 2.05) is 0 Å². The van der Waals surface area contributed by atoms with E-state index in [2.05, 4.69) is 38.2 Å². The minimum atomic E-state index is 0.297. The Hall–Kier alpha value is -1.69. The van der Waals surface area contributed by atoms with E-state index < -0.39 is 0 Å². The predicted molar refractivity (Wildman–Crippen MR) is 73.7 cm³/mol. The van der Waals surface area contributed by atoms with Gasteiger partial charge in [-0.05, 0) is 25.8 Å². The van der Waals surface area contributed by atoms with E-state index in [0.29, 0.717) is 17.7 Å². The lowest BCUT2D eigenvalue weighted by Gasteiger charge is -2.15. The molecule has 3 heterocycles. The van der Waals surface area contributed by atoms with Crippen molar-refractivity contribution in [2.75, 3.05) is 23.7 Å². The summed E-state index contributed by atoms with van der Waals surface area (Å²) in [6.07, 6.45) is 2.39. The van der Waals surface area contributed by atoms with Gasteiger partial charge in [0.15, 0.2) is 5.82 Å². The highest BCUT2D eigenvalue weighted by molar-refractivity contribution is 7.10. The SMILES string of the molecule is Cc1cc(-c2nc(N)nc(N3CCCC3)n2)cs1. The molecule has 3 rings (SSSR count). The van der Waals surface area contributed by atoms with Crippen LogP contribution in [0.1, 0.15) is 17.7 Å². The summed E-state index contributed by atoms with van der Waals surface area (Å²) in [7, 11) is 0. The highest BCUT2D eigenvalue weighted by Crippen LogP contribution is 2.25. The molecule has 6 heteroatoms. The van der Waals surface area contributed by atoms with Gasteiger partial charge in [0.25, 0.3) is 0 Å². The van der Waals surface area contributed by atoms with Gasteiger partial charge in [0, 0.05) is 28.9 Å². The molecular formula is C12H15N5S. The standard InChI is InChI=1S/C12H15N5S/c1-8-6-9(7-18-8)10-14-11(13)16-12(15-10)17-4-2-3-5-17/h6-7H,2-5H2,1H3,(H2,13,14,15,16). The Bertz CT molecular complexity index is 559. The van der Waals surface area contributed by atoms with Crippen molar-refractivity contribution in [1.82, 2.24) is 15.0 Å². The van der Waals surface area contributed by atoms with E-state index >= 15 is 0 Å². The molecule has 18 heavy (non-hydrogen) atoms. The van der Waals surface area contributed by atoms with Crippen molar-refractivity contribution in [3.63, 3.8) is 0 Å². The third-order valence-electron chi connectivity index (χ3n) is 3.02. The zero-order valence-electron chi connectivity index (χ0n) is 10.3. The summed E-state index contributed by atoms with van der Waals surface area (Å²) in [5.41, 5.74) is 6.81. The van der Waals surface area contributed by atoms with E-state index in [1.54, 1.807) is 11.3 Å². The summed E-state index contributed by atoms with van der Waals surface area (Å²) >= 11 is 1.69. The highest BCUT2D eigenvalue weighted by atomic mass is 32.1. The van der Waals surface area contributed by atoms with Crippen molar-refractivity contribution in [1.29, 1.82) is 0 Å². The Labute approximate surface area is 110 Å². The van der Waals surface area contributed by atoms with Crippen molar-refractivity contribution in [2.45, 2.75) is 19.8 Å². The number of nitrogens with two attached hydrogens (primary N) is 1. The molecule has 0 atom stereocenters. The Morgan fingerprint density at radius 2 is 2.00 bits per heavy atom. The topological polar surface area (TPSA) is 67.9 Å². The highest BCUT2D eigenvalue weighted by Gasteiger charge is 2.17. The van der Waals surface area contributed by atoms with Crippen LogP contribution in [0.5, 0.6) is 0 Å². The maximum atomic E-state index is 5.79. The molecule has 1 aliphatic rings. The molecule has 1 fully saturated rings. The maximum absolute atomic E-state index is 5.79. The molecule has 1 aliphatic heterocycles. The fourth-order valence-electron chi connectivity index (χ4n) is 2.13. The van der Waals surface area contributed by atoms with Gasteiger partial charge in [-0.15, -0.1) is 11.3 Å². The van der Waals surface area contributed by atoms with Gasteiger partial charge in [0.2, 0.25) is 11.9 Å². The molecule has 2 N–H and O–H groups in total. The fraction of sp³-hybridized carbons (Fsp3) is 0.417. The number of anilines is 2. The van der Waals surface area contributed by atoms with Crippen molar-refractivity contribution in [3.05, 3.63) is 16.3 Å². The molecule has 2 aromatic heterocycles. The van der Waals surface area contributed by atoms with Crippen LogP contribution in [-0.2, 0) is 0 Å². The van der Waals surface area contributed by atoms with Gasteiger partial charge >= 0.3 is 0 Å². The smallest absolute Gasteiger partial charge is 0.230 e. The molecule has 0 unspecified atom stereocenters. The second kappa shape index (κ2) is 4.53. The molecule has 0 aromatic carbocycles. The first-order valence-electron chi connectivity index (χ1n) is 6.04. The van der Waals surface area contributed by atoms with Crippen LogP contribution < -0.4 is 10.6 Å². The Morgan fingerprint density at radius 3 is 2.67 bits per heavy atom. The van der Waals surface area contributed by atoms with E-state index in [4.69, 9.17) is 5.73 Å². The van der Waals surface area contributed by atoms with Gasteiger partial charge < -0.3 is 10.6 Å². The number of thiophene rings is 1. The van der Waals surface area contributed by atoms with E-state index in [1.165, 1.54) is 17.7 Å². The number of nitrogen functional groups attached to an aromatic ring is 1. The quantitative estimate of drug-likeness (QED) is 0.896. The minimum Gasteiger partial charge on any atom is -0.368 e. The lowest BCUT2D eigenvalue weighted by molar-refractivity contribution is 0.887. The third-order valence-corrected chi connectivity index (χ3v) is 3.88. The summed E-state index contributed by atoms with van der Waals surface area (Å²) in [6, 6.07) is 2.08. The first kappa shape index (κ1) is 11.4. The molecule has 94 valence electrons.